The summed E-state index contributed by atoms with van der Waals surface area (Å²) in [6, 6.07) is 9.67. The standard InChI is InChI=1S/C12H10N4/c1-9-8-14-12-6-5-11(15-16(9)12)10-4-2-3-7-13-10/h2-8H,1H3. The maximum Gasteiger partial charge on any atom is 0.153 e. The van der Waals surface area contributed by atoms with Crippen LogP contribution in [0.3, 0.4) is 0 Å². The Bertz CT molecular complexity index is 628. The molecule has 3 aromatic rings. The van der Waals surface area contributed by atoms with Crippen molar-refractivity contribution in [1.29, 1.82) is 0 Å². The van der Waals surface area contributed by atoms with Gasteiger partial charge in [-0.15, -0.1) is 0 Å². The van der Waals surface area contributed by atoms with Gasteiger partial charge in [-0.2, -0.15) is 5.10 Å². The summed E-state index contributed by atoms with van der Waals surface area (Å²) in [7, 11) is 0. The number of aryl methyl sites for hydroxylation is 1. The van der Waals surface area contributed by atoms with Crippen molar-refractivity contribution in [2.45, 2.75) is 6.92 Å². The Kier molecular flexibility index (Phi) is 1.93. The van der Waals surface area contributed by atoms with Crippen molar-refractivity contribution >= 4 is 5.65 Å². The Morgan fingerprint density at radius 2 is 1.94 bits per heavy atom. The fourth-order valence-electron chi connectivity index (χ4n) is 1.64. The average Bonchev–Trinajstić information content (AvgIpc) is 2.72. The highest BCUT2D eigenvalue weighted by molar-refractivity contribution is 5.55. The van der Waals surface area contributed by atoms with Crippen LogP contribution in [0.15, 0.2) is 42.7 Å². The first-order chi connectivity index (χ1) is 7.84. The molecule has 0 amide bonds. The lowest BCUT2D eigenvalue weighted by Gasteiger charge is -2.01. The molecule has 0 saturated carbocycles. The lowest BCUT2D eigenvalue weighted by Crippen LogP contribution is -1.96. The predicted octanol–water partition coefficient (Wildman–Crippen LogP) is 2.10. The highest BCUT2D eigenvalue weighted by atomic mass is 15.3. The molecular formula is C12H10N4. The zero-order chi connectivity index (χ0) is 11.0. The van der Waals surface area contributed by atoms with E-state index in [1.807, 2.05) is 48.0 Å². The van der Waals surface area contributed by atoms with E-state index < -0.39 is 0 Å². The Labute approximate surface area is 92.6 Å². The monoisotopic (exact) mass is 210 g/mol. The number of nitrogens with zero attached hydrogens (tertiary/aromatic N) is 4. The second-order valence-corrected chi connectivity index (χ2v) is 3.60. The van der Waals surface area contributed by atoms with Crippen LogP contribution in [-0.2, 0) is 0 Å². The van der Waals surface area contributed by atoms with Gasteiger partial charge in [0, 0.05) is 6.20 Å². The smallest absolute Gasteiger partial charge is 0.153 e. The molecule has 0 aliphatic heterocycles. The third-order valence-corrected chi connectivity index (χ3v) is 2.46. The van der Waals surface area contributed by atoms with E-state index in [0.717, 1.165) is 22.7 Å². The molecule has 4 heteroatoms. The fraction of sp³-hybridized carbons (Fsp3) is 0.0833. The fourth-order valence-corrected chi connectivity index (χ4v) is 1.64. The molecule has 0 atom stereocenters. The van der Waals surface area contributed by atoms with Crippen LogP contribution in [0.25, 0.3) is 17.0 Å². The molecule has 78 valence electrons. The normalized spacial score (nSPS) is 10.8. The van der Waals surface area contributed by atoms with Gasteiger partial charge in [0.2, 0.25) is 0 Å². The maximum atomic E-state index is 4.50. The van der Waals surface area contributed by atoms with E-state index in [2.05, 4.69) is 15.1 Å². The highest BCUT2D eigenvalue weighted by Crippen LogP contribution is 2.14. The lowest BCUT2D eigenvalue weighted by atomic mass is 10.2. The van der Waals surface area contributed by atoms with Crippen molar-refractivity contribution in [3.63, 3.8) is 0 Å². The molecule has 0 aliphatic rings. The van der Waals surface area contributed by atoms with Gasteiger partial charge in [0.05, 0.1) is 17.6 Å². The van der Waals surface area contributed by atoms with Crippen LogP contribution >= 0.6 is 0 Å². The number of pyridine rings is 1. The van der Waals surface area contributed by atoms with E-state index in [-0.39, 0.29) is 0 Å². The van der Waals surface area contributed by atoms with E-state index in [9.17, 15) is 0 Å². The van der Waals surface area contributed by atoms with Gasteiger partial charge < -0.3 is 0 Å². The summed E-state index contributed by atoms with van der Waals surface area (Å²) < 4.78 is 1.82. The first-order valence-corrected chi connectivity index (χ1v) is 5.07. The quantitative estimate of drug-likeness (QED) is 0.617. The van der Waals surface area contributed by atoms with Crippen molar-refractivity contribution in [1.82, 2.24) is 19.6 Å². The largest absolute Gasteiger partial charge is 0.255 e. The number of rotatable bonds is 1. The number of imidazole rings is 1. The Morgan fingerprint density at radius 3 is 2.75 bits per heavy atom. The van der Waals surface area contributed by atoms with E-state index in [1.54, 1.807) is 6.20 Å². The molecule has 0 radical (unpaired) electrons. The Balaban J connectivity index is 2.22. The molecule has 0 saturated heterocycles. The van der Waals surface area contributed by atoms with E-state index in [1.165, 1.54) is 0 Å². The predicted molar refractivity (Wildman–Crippen MR) is 61.0 cm³/mol. The zero-order valence-corrected chi connectivity index (χ0v) is 8.83. The molecule has 0 aliphatic carbocycles. The van der Waals surface area contributed by atoms with Crippen molar-refractivity contribution < 1.29 is 0 Å². The van der Waals surface area contributed by atoms with Gasteiger partial charge in [0.1, 0.15) is 5.69 Å². The summed E-state index contributed by atoms with van der Waals surface area (Å²) in [6.07, 6.45) is 3.58. The molecule has 0 N–H and O–H groups in total. The molecular weight excluding hydrogens is 200 g/mol. The highest BCUT2D eigenvalue weighted by Gasteiger charge is 2.04. The van der Waals surface area contributed by atoms with Gasteiger partial charge in [0.15, 0.2) is 5.65 Å². The molecule has 0 unspecified atom stereocenters. The second-order valence-electron chi connectivity index (χ2n) is 3.60. The summed E-state index contributed by atoms with van der Waals surface area (Å²) in [4.78, 5) is 8.51. The van der Waals surface area contributed by atoms with Gasteiger partial charge in [-0.3, -0.25) is 4.98 Å². The molecule has 3 heterocycles. The van der Waals surface area contributed by atoms with Crippen molar-refractivity contribution in [2.24, 2.45) is 0 Å². The maximum absolute atomic E-state index is 4.50. The van der Waals surface area contributed by atoms with Crippen LogP contribution < -0.4 is 0 Å². The van der Waals surface area contributed by atoms with Crippen LogP contribution in [0.2, 0.25) is 0 Å². The SMILES string of the molecule is Cc1cnc2ccc(-c3ccccn3)nn12. The van der Waals surface area contributed by atoms with Crippen molar-refractivity contribution in [3.8, 4) is 11.4 Å². The van der Waals surface area contributed by atoms with E-state index in [4.69, 9.17) is 0 Å². The molecule has 0 bridgehead atoms. The number of fused-ring (bicyclic) bond motifs is 1. The summed E-state index contributed by atoms with van der Waals surface area (Å²) >= 11 is 0. The molecule has 16 heavy (non-hydrogen) atoms. The minimum atomic E-state index is 0.856. The topological polar surface area (TPSA) is 43.1 Å². The first-order valence-electron chi connectivity index (χ1n) is 5.07. The third kappa shape index (κ3) is 1.35. The van der Waals surface area contributed by atoms with E-state index >= 15 is 0 Å². The van der Waals surface area contributed by atoms with Crippen LogP contribution in [0, 0.1) is 6.92 Å². The Hall–Kier alpha value is -2.23. The summed E-state index contributed by atoms with van der Waals surface area (Å²) in [5.74, 6) is 0. The molecule has 4 nitrogen and oxygen atoms in total. The van der Waals surface area contributed by atoms with Gasteiger partial charge in [0.25, 0.3) is 0 Å². The number of hydrogen-bond donors (Lipinski definition) is 0. The molecule has 3 rings (SSSR count). The second kappa shape index (κ2) is 3.41. The van der Waals surface area contributed by atoms with E-state index in [0.29, 0.717) is 0 Å². The summed E-state index contributed by atoms with van der Waals surface area (Å²) in [5.41, 5.74) is 3.61. The lowest BCUT2D eigenvalue weighted by molar-refractivity contribution is 0.902. The first kappa shape index (κ1) is 9.03. The molecule has 3 aromatic heterocycles. The molecule has 0 aromatic carbocycles. The van der Waals surface area contributed by atoms with Crippen LogP contribution in [-0.4, -0.2) is 19.6 Å². The van der Waals surface area contributed by atoms with Gasteiger partial charge >= 0.3 is 0 Å². The van der Waals surface area contributed by atoms with Crippen LogP contribution in [0.1, 0.15) is 5.69 Å². The summed E-state index contributed by atoms with van der Waals surface area (Å²) in [6.45, 7) is 1.98. The minimum absolute atomic E-state index is 0.856. The summed E-state index contributed by atoms with van der Waals surface area (Å²) in [5, 5.41) is 4.50. The zero-order valence-electron chi connectivity index (χ0n) is 8.83. The van der Waals surface area contributed by atoms with Crippen molar-refractivity contribution in [3.05, 3.63) is 48.4 Å². The van der Waals surface area contributed by atoms with Gasteiger partial charge in [-0.25, -0.2) is 9.50 Å². The number of aromatic nitrogens is 4. The van der Waals surface area contributed by atoms with Crippen molar-refractivity contribution in [2.75, 3.05) is 0 Å². The van der Waals surface area contributed by atoms with Gasteiger partial charge in [-0.1, -0.05) is 6.07 Å². The number of hydrogen-bond acceptors (Lipinski definition) is 3. The molecule has 0 fully saturated rings. The third-order valence-electron chi connectivity index (χ3n) is 2.46. The van der Waals surface area contributed by atoms with Crippen LogP contribution in [0.4, 0.5) is 0 Å². The average molecular weight is 210 g/mol. The van der Waals surface area contributed by atoms with Gasteiger partial charge in [-0.05, 0) is 31.2 Å². The molecule has 0 spiro atoms. The Morgan fingerprint density at radius 1 is 1.00 bits per heavy atom. The van der Waals surface area contributed by atoms with Crippen LogP contribution in [0.5, 0.6) is 0 Å². The minimum Gasteiger partial charge on any atom is -0.255 e.